The highest BCUT2D eigenvalue weighted by Gasteiger charge is 2.20. The van der Waals surface area contributed by atoms with Crippen LogP contribution in [0.25, 0.3) is 0 Å². The molecular formula is C11H25NOS. The molecule has 0 rings (SSSR count). The Hall–Kier alpha value is 0.110. The average molecular weight is 219 g/mol. The molecule has 0 aliphatic carbocycles. The SMILES string of the molecule is CCC(C)CS(=O)C(C)C(CC)NC. The molecule has 0 amide bonds. The predicted molar refractivity (Wildman–Crippen MR) is 65.1 cm³/mol. The molecule has 2 nitrogen and oxygen atoms in total. The number of hydrogen-bond donors (Lipinski definition) is 1. The van der Waals surface area contributed by atoms with Gasteiger partial charge in [0.15, 0.2) is 0 Å². The van der Waals surface area contributed by atoms with E-state index >= 15 is 0 Å². The minimum atomic E-state index is -0.687. The Morgan fingerprint density at radius 2 is 1.79 bits per heavy atom. The first-order valence-corrected chi connectivity index (χ1v) is 6.99. The van der Waals surface area contributed by atoms with Crippen molar-refractivity contribution in [2.45, 2.75) is 51.8 Å². The van der Waals surface area contributed by atoms with E-state index in [1.165, 1.54) is 0 Å². The van der Waals surface area contributed by atoms with Gasteiger partial charge in [-0.3, -0.25) is 4.21 Å². The summed E-state index contributed by atoms with van der Waals surface area (Å²) in [4.78, 5) is 0. The first-order chi connectivity index (χ1) is 6.56. The van der Waals surface area contributed by atoms with Crippen molar-refractivity contribution < 1.29 is 4.21 Å². The number of hydrogen-bond acceptors (Lipinski definition) is 2. The normalized spacial score (nSPS) is 20.1. The van der Waals surface area contributed by atoms with Crippen molar-refractivity contribution >= 4 is 10.8 Å². The lowest BCUT2D eigenvalue weighted by molar-refractivity contribution is 0.524. The Kier molecular flexibility index (Phi) is 7.47. The second kappa shape index (κ2) is 7.41. The quantitative estimate of drug-likeness (QED) is 0.711. The van der Waals surface area contributed by atoms with Crippen LogP contribution >= 0.6 is 0 Å². The summed E-state index contributed by atoms with van der Waals surface area (Å²) in [5.41, 5.74) is 0. The van der Waals surface area contributed by atoms with Gasteiger partial charge in [-0.25, -0.2) is 0 Å². The standard InChI is InChI=1S/C11H25NOS/c1-6-9(3)8-14(13)10(4)11(7-2)12-5/h9-12H,6-8H2,1-5H3. The van der Waals surface area contributed by atoms with E-state index in [4.69, 9.17) is 0 Å². The van der Waals surface area contributed by atoms with Gasteiger partial charge < -0.3 is 5.32 Å². The van der Waals surface area contributed by atoms with Gasteiger partial charge in [0.1, 0.15) is 0 Å². The summed E-state index contributed by atoms with van der Waals surface area (Å²) in [6.07, 6.45) is 2.17. The maximum atomic E-state index is 11.9. The van der Waals surface area contributed by atoms with Crippen molar-refractivity contribution in [2.24, 2.45) is 5.92 Å². The molecule has 0 spiro atoms. The largest absolute Gasteiger partial charge is 0.316 e. The summed E-state index contributed by atoms with van der Waals surface area (Å²) >= 11 is 0. The fourth-order valence-electron chi connectivity index (χ4n) is 1.50. The van der Waals surface area contributed by atoms with E-state index in [0.29, 0.717) is 12.0 Å². The molecule has 4 atom stereocenters. The van der Waals surface area contributed by atoms with Gasteiger partial charge in [0.2, 0.25) is 0 Å². The summed E-state index contributed by atoms with van der Waals surface area (Å²) < 4.78 is 11.9. The molecular weight excluding hydrogens is 194 g/mol. The second-order valence-electron chi connectivity index (χ2n) is 4.07. The van der Waals surface area contributed by atoms with Crippen LogP contribution in [0.1, 0.15) is 40.5 Å². The van der Waals surface area contributed by atoms with E-state index in [1.807, 2.05) is 7.05 Å². The van der Waals surface area contributed by atoms with Gasteiger partial charge in [-0.15, -0.1) is 0 Å². The van der Waals surface area contributed by atoms with E-state index in [9.17, 15) is 4.21 Å². The van der Waals surface area contributed by atoms with Crippen LogP contribution in [-0.4, -0.2) is 28.3 Å². The van der Waals surface area contributed by atoms with Crippen LogP contribution in [-0.2, 0) is 10.8 Å². The van der Waals surface area contributed by atoms with Crippen LogP contribution in [0.15, 0.2) is 0 Å². The third kappa shape index (κ3) is 4.56. The zero-order valence-corrected chi connectivity index (χ0v) is 11.0. The topological polar surface area (TPSA) is 29.1 Å². The van der Waals surface area contributed by atoms with Crippen molar-refractivity contribution in [3.8, 4) is 0 Å². The second-order valence-corrected chi connectivity index (χ2v) is 5.91. The van der Waals surface area contributed by atoms with Crippen molar-refractivity contribution in [1.29, 1.82) is 0 Å². The summed E-state index contributed by atoms with van der Waals surface area (Å²) in [6, 6.07) is 0.389. The van der Waals surface area contributed by atoms with Crippen LogP contribution in [0.4, 0.5) is 0 Å². The molecule has 0 saturated heterocycles. The highest BCUT2D eigenvalue weighted by Crippen LogP contribution is 2.11. The van der Waals surface area contributed by atoms with Crippen molar-refractivity contribution in [3.05, 3.63) is 0 Å². The summed E-state index contributed by atoms with van der Waals surface area (Å²) in [5, 5.41) is 3.49. The maximum absolute atomic E-state index is 11.9. The Morgan fingerprint density at radius 3 is 2.14 bits per heavy atom. The number of rotatable bonds is 7. The highest BCUT2D eigenvalue weighted by molar-refractivity contribution is 7.85. The fourth-order valence-corrected chi connectivity index (χ4v) is 3.30. The van der Waals surface area contributed by atoms with Gasteiger partial charge >= 0.3 is 0 Å². The van der Waals surface area contributed by atoms with Crippen LogP contribution in [0.3, 0.4) is 0 Å². The molecule has 0 aromatic heterocycles. The monoisotopic (exact) mass is 219 g/mol. The van der Waals surface area contributed by atoms with Gasteiger partial charge in [-0.2, -0.15) is 0 Å². The number of nitrogens with one attached hydrogen (secondary N) is 1. The first kappa shape index (κ1) is 14.1. The summed E-state index contributed by atoms with van der Waals surface area (Å²) in [7, 11) is 1.26. The van der Waals surface area contributed by atoms with Gasteiger partial charge in [-0.1, -0.05) is 27.2 Å². The molecule has 0 heterocycles. The van der Waals surface area contributed by atoms with Crippen LogP contribution < -0.4 is 5.32 Å². The van der Waals surface area contributed by atoms with Crippen molar-refractivity contribution in [2.75, 3.05) is 12.8 Å². The Labute approximate surface area is 91.3 Å². The molecule has 0 fully saturated rings. The third-order valence-electron chi connectivity index (χ3n) is 2.94. The Morgan fingerprint density at radius 1 is 1.21 bits per heavy atom. The molecule has 0 aliphatic heterocycles. The van der Waals surface area contributed by atoms with E-state index in [-0.39, 0.29) is 5.25 Å². The lowest BCUT2D eigenvalue weighted by atomic mass is 10.2. The maximum Gasteiger partial charge on any atom is 0.0472 e. The summed E-state index contributed by atoms with van der Waals surface area (Å²) in [6.45, 7) is 8.55. The molecule has 86 valence electrons. The van der Waals surface area contributed by atoms with E-state index in [2.05, 4.69) is 33.0 Å². The highest BCUT2D eigenvalue weighted by atomic mass is 32.2. The first-order valence-electron chi connectivity index (χ1n) is 5.61. The zero-order chi connectivity index (χ0) is 11.1. The van der Waals surface area contributed by atoms with Crippen molar-refractivity contribution in [3.63, 3.8) is 0 Å². The predicted octanol–water partition coefficient (Wildman–Crippen LogP) is 2.17. The van der Waals surface area contributed by atoms with Gasteiger partial charge in [-0.05, 0) is 26.3 Å². The lowest BCUT2D eigenvalue weighted by Crippen LogP contribution is -2.39. The third-order valence-corrected chi connectivity index (χ3v) is 4.99. The lowest BCUT2D eigenvalue weighted by Gasteiger charge is -2.22. The minimum Gasteiger partial charge on any atom is -0.316 e. The smallest absolute Gasteiger partial charge is 0.0472 e. The minimum absolute atomic E-state index is 0.263. The zero-order valence-electron chi connectivity index (χ0n) is 10.2. The van der Waals surface area contributed by atoms with Crippen LogP contribution in [0.2, 0.25) is 0 Å². The molecule has 3 heteroatoms. The van der Waals surface area contributed by atoms with Crippen LogP contribution in [0, 0.1) is 5.92 Å². The molecule has 0 aliphatic rings. The fraction of sp³-hybridized carbons (Fsp3) is 1.00. The molecule has 0 saturated carbocycles. The Balaban J connectivity index is 4.09. The van der Waals surface area contributed by atoms with Gasteiger partial charge in [0.05, 0.1) is 0 Å². The van der Waals surface area contributed by atoms with Gasteiger partial charge in [0, 0.05) is 27.8 Å². The average Bonchev–Trinajstić information content (AvgIpc) is 2.19. The molecule has 14 heavy (non-hydrogen) atoms. The summed E-state index contributed by atoms with van der Waals surface area (Å²) in [5.74, 6) is 1.42. The molecule has 0 radical (unpaired) electrons. The molecule has 1 N–H and O–H groups in total. The van der Waals surface area contributed by atoms with E-state index in [1.54, 1.807) is 0 Å². The van der Waals surface area contributed by atoms with Crippen molar-refractivity contribution in [1.82, 2.24) is 5.32 Å². The Bertz CT molecular complexity index is 169. The molecule has 0 aromatic rings. The van der Waals surface area contributed by atoms with Gasteiger partial charge in [0.25, 0.3) is 0 Å². The van der Waals surface area contributed by atoms with Crippen LogP contribution in [0.5, 0.6) is 0 Å². The van der Waals surface area contributed by atoms with E-state index in [0.717, 1.165) is 18.6 Å². The molecule has 0 aromatic carbocycles. The molecule has 4 unspecified atom stereocenters. The van der Waals surface area contributed by atoms with E-state index < -0.39 is 10.8 Å². The molecule has 0 bridgehead atoms.